The second-order valence-electron chi connectivity index (χ2n) is 5.58. The summed E-state index contributed by atoms with van der Waals surface area (Å²) in [4.78, 5) is 0. The molecule has 0 fully saturated rings. The van der Waals surface area contributed by atoms with Gasteiger partial charge in [-0.15, -0.1) is 0 Å². The summed E-state index contributed by atoms with van der Waals surface area (Å²) in [5, 5.41) is 3.72. The lowest BCUT2D eigenvalue weighted by Crippen LogP contribution is -2.38. The second-order valence-corrected chi connectivity index (χ2v) is 5.58. The van der Waals surface area contributed by atoms with E-state index in [1.807, 2.05) is 0 Å². The van der Waals surface area contributed by atoms with Crippen molar-refractivity contribution in [2.45, 2.75) is 58.4 Å². The predicted octanol–water partition coefficient (Wildman–Crippen LogP) is 3.96. The van der Waals surface area contributed by atoms with Crippen LogP contribution in [0.15, 0.2) is 24.3 Å². The molecule has 0 saturated heterocycles. The lowest BCUT2D eigenvalue weighted by molar-refractivity contribution is 0.304. The molecule has 0 aromatic heterocycles. The molecule has 1 N–H and O–H groups in total. The van der Waals surface area contributed by atoms with Crippen molar-refractivity contribution in [3.63, 3.8) is 0 Å². The summed E-state index contributed by atoms with van der Waals surface area (Å²) in [6, 6.07) is 9.72. The van der Waals surface area contributed by atoms with E-state index in [-0.39, 0.29) is 0 Å². The number of rotatable bonds is 6. The number of nitrogens with one attached hydrogen (secondary N) is 1. The molecule has 18 heavy (non-hydrogen) atoms. The zero-order valence-corrected chi connectivity index (χ0v) is 11.9. The molecule has 2 unspecified atom stereocenters. The topological polar surface area (TPSA) is 12.0 Å². The molecule has 1 aromatic rings. The molecular formula is C17H27N. The first-order chi connectivity index (χ1) is 8.85. The summed E-state index contributed by atoms with van der Waals surface area (Å²) in [7, 11) is 0. The molecular weight excluding hydrogens is 218 g/mol. The number of hydrogen-bond acceptors (Lipinski definition) is 1. The minimum atomic E-state index is 0.725. The van der Waals surface area contributed by atoms with Gasteiger partial charge >= 0.3 is 0 Å². The van der Waals surface area contributed by atoms with Crippen LogP contribution in [0.3, 0.4) is 0 Å². The highest BCUT2D eigenvalue weighted by Gasteiger charge is 2.24. The predicted molar refractivity (Wildman–Crippen MR) is 78.9 cm³/mol. The number of hydrogen-bond donors (Lipinski definition) is 1. The Morgan fingerprint density at radius 3 is 2.72 bits per heavy atom. The molecule has 0 bridgehead atoms. The minimum Gasteiger partial charge on any atom is -0.314 e. The van der Waals surface area contributed by atoms with Crippen LogP contribution in [-0.2, 0) is 12.8 Å². The van der Waals surface area contributed by atoms with Crippen molar-refractivity contribution in [1.82, 2.24) is 5.32 Å². The quantitative estimate of drug-likeness (QED) is 0.800. The zero-order chi connectivity index (χ0) is 12.8. The average Bonchev–Trinajstić information content (AvgIpc) is 2.43. The van der Waals surface area contributed by atoms with E-state index in [9.17, 15) is 0 Å². The van der Waals surface area contributed by atoms with Gasteiger partial charge in [0.2, 0.25) is 0 Å². The Balaban J connectivity index is 2.00. The SMILES string of the molecule is CCCCC(NCC)C1CCc2ccccc2C1. The maximum atomic E-state index is 3.72. The maximum Gasteiger partial charge on any atom is 0.00984 e. The molecule has 0 saturated carbocycles. The van der Waals surface area contributed by atoms with Crippen LogP contribution in [0.2, 0.25) is 0 Å². The van der Waals surface area contributed by atoms with E-state index in [4.69, 9.17) is 0 Å². The summed E-state index contributed by atoms with van der Waals surface area (Å²) >= 11 is 0. The fourth-order valence-corrected chi connectivity index (χ4v) is 3.26. The van der Waals surface area contributed by atoms with Gasteiger partial charge in [-0.05, 0) is 49.3 Å². The van der Waals surface area contributed by atoms with Crippen molar-refractivity contribution in [1.29, 1.82) is 0 Å². The lowest BCUT2D eigenvalue weighted by Gasteiger charge is -2.32. The molecule has 0 radical (unpaired) electrons. The van der Waals surface area contributed by atoms with Gasteiger partial charge in [0.05, 0.1) is 0 Å². The molecule has 0 amide bonds. The fourth-order valence-electron chi connectivity index (χ4n) is 3.26. The van der Waals surface area contributed by atoms with Crippen LogP contribution in [0.4, 0.5) is 0 Å². The third kappa shape index (κ3) is 3.35. The Morgan fingerprint density at radius 1 is 1.22 bits per heavy atom. The highest BCUT2D eigenvalue weighted by molar-refractivity contribution is 5.30. The zero-order valence-electron chi connectivity index (χ0n) is 11.9. The minimum absolute atomic E-state index is 0.725. The molecule has 2 atom stereocenters. The first-order valence-corrected chi connectivity index (χ1v) is 7.65. The summed E-state index contributed by atoms with van der Waals surface area (Å²) in [6.07, 6.45) is 7.92. The van der Waals surface area contributed by atoms with E-state index in [0.717, 1.165) is 18.5 Å². The van der Waals surface area contributed by atoms with E-state index in [2.05, 4.69) is 43.4 Å². The van der Waals surface area contributed by atoms with Gasteiger partial charge in [0.25, 0.3) is 0 Å². The normalized spacial score (nSPS) is 20.4. The smallest absolute Gasteiger partial charge is 0.00984 e. The molecule has 1 aliphatic rings. The Bertz CT molecular complexity index is 358. The largest absolute Gasteiger partial charge is 0.314 e. The first-order valence-electron chi connectivity index (χ1n) is 7.65. The number of unbranched alkanes of at least 4 members (excludes halogenated alkanes) is 1. The monoisotopic (exact) mass is 245 g/mol. The number of aryl methyl sites for hydroxylation is 1. The molecule has 1 aliphatic carbocycles. The van der Waals surface area contributed by atoms with E-state index >= 15 is 0 Å². The third-order valence-corrected chi connectivity index (χ3v) is 4.29. The van der Waals surface area contributed by atoms with E-state index < -0.39 is 0 Å². The van der Waals surface area contributed by atoms with E-state index in [0.29, 0.717) is 0 Å². The Kier molecular flexibility index (Phi) is 5.25. The van der Waals surface area contributed by atoms with Crippen molar-refractivity contribution >= 4 is 0 Å². The Labute approximate surface area is 112 Å². The standard InChI is InChI=1S/C17H27N/c1-3-5-10-17(18-4-2)16-12-11-14-8-6-7-9-15(14)13-16/h6-9,16-18H,3-5,10-13H2,1-2H3. The summed E-state index contributed by atoms with van der Waals surface area (Å²) in [6.45, 7) is 5.63. The van der Waals surface area contributed by atoms with Gasteiger partial charge in [0.1, 0.15) is 0 Å². The van der Waals surface area contributed by atoms with E-state index in [1.54, 1.807) is 11.1 Å². The second kappa shape index (κ2) is 6.94. The highest BCUT2D eigenvalue weighted by atomic mass is 14.9. The van der Waals surface area contributed by atoms with Gasteiger partial charge in [0.15, 0.2) is 0 Å². The molecule has 1 nitrogen and oxygen atoms in total. The van der Waals surface area contributed by atoms with Crippen molar-refractivity contribution in [2.75, 3.05) is 6.54 Å². The summed E-state index contributed by atoms with van der Waals surface area (Å²) in [5.41, 5.74) is 3.17. The molecule has 1 aromatic carbocycles. The van der Waals surface area contributed by atoms with Gasteiger partial charge < -0.3 is 5.32 Å². The Morgan fingerprint density at radius 2 is 2.00 bits per heavy atom. The van der Waals surface area contributed by atoms with Gasteiger partial charge in [-0.2, -0.15) is 0 Å². The van der Waals surface area contributed by atoms with Gasteiger partial charge in [-0.1, -0.05) is 51.0 Å². The molecule has 100 valence electrons. The molecule has 0 spiro atoms. The summed E-state index contributed by atoms with van der Waals surface area (Å²) < 4.78 is 0. The van der Waals surface area contributed by atoms with Crippen LogP contribution in [0.1, 0.15) is 50.7 Å². The molecule has 0 heterocycles. The third-order valence-electron chi connectivity index (χ3n) is 4.29. The summed E-state index contributed by atoms with van der Waals surface area (Å²) in [5.74, 6) is 0.839. The van der Waals surface area contributed by atoms with Crippen molar-refractivity contribution in [2.24, 2.45) is 5.92 Å². The van der Waals surface area contributed by atoms with E-state index in [1.165, 1.54) is 38.5 Å². The van der Waals surface area contributed by atoms with Crippen LogP contribution in [0.5, 0.6) is 0 Å². The number of benzene rings is 1. The first kappa shape index (κ1) is 13.6. The van der Waals surface area contributed by atoms with Crippen molar-refractivity contribution in [3.05, 3.63) is 35.4 Å². The average molecular weight is 245 g/mol. The van der Waals surface area contributed by atoms with Gasteiger partial charge in [0, 0.05) is 6.04 Å². The van der Waals surface area contributed by atoms with Crippen LogP contribution in [-0.4, -0.2) is 12.6 Å². The number of fused-ring (bicyclic) bond motifs is 1. The van der Waals surface area contributed by atoms with Gasteiger partial charge in [-0.3, -0.25) is 0 Å². The molecule has 0 aliphatic heterocycles. The lowest BCUT2D eigenvalue weighted by atomic mass is 9.78. The molecule has 2 rings (SSSR count). The van der Waals surface area contributed by atoms with Crippen LogP contribution >= 0.6 is 0 Å². The van der Waals surface area contributed by atoms with Crippen LogP contribution in [0.25, 0.3) is 0 Å². The Hall–Kier alpha value is -0.820. The van der Waals surface area contributed by atoms with Crippen molar-refractivity contribution in [3.8, 4) is 0 Å². The highest BCUT2D eigenvalue weighted by Crippen LogP contribution is 2.29. The molecule has 1 heteroatoms. The van der Waals surface area contributed by atoms with Crippen LogP contribution < -0.4 is 5.32 Å². The fraction of sp³-hybridized carbons (Fsp3) is 0.647. The van der Waals surface area contributed by atoms with Gasteiger partial charge in [-0.25, -0.2) is 0 Å². The maximum absolute atomic E-state index is 3.72. The van der Waals surface area contributed by atoms with Crippen LogP contribution in [0, 0.1) is 5.92 Å². The van der Waals surface area contributed by atoms with Crippen molar-refractivity contribution < 1.29 is 0 Å².